The van der Waals surface area contributed by atoms with Crippen LogP contribution >= 0.6 is 11.3 Å². The van der Waals surface area contributed by atoms with Crippen molar-refractivity contribution in [3.8, 4) is 11.5 Å². The molecule has 4 rings (SSSR count). The molecule has 2 heterocycles. The lowest BCUT2D eigenvalue weighted by atomic mass is 10.1. The smallest absolute Gasteiger partial charge is 0.404 e. The van der Waals surface area contributed by atoms with Gasteiger partial charge < -0.3 is 46.4 Å². The Bertz CT molecular complexity index is 1560. The van der Waals surface area contributed by atoms with E-state index in [0.29, 0.717) is 21.9 Å². The van der Waals surface area contributed by atoms with Crippen LogP contribution in [-0.4, -0.2) is 78.2 Å². The summed E-state index contributed by atoms with van der Waals surface area (Å²) in [6, 6.07) is 14.4. The molecular weight excluding hydrogens is 630 g/mol. The van der Waals surface area contributed by atoms with Gasteiger partial charge in [0.1, 0.15) is 24.1 Å². The average Bonchev–Trinajstić information content (AvgIpc) is 3.70. The Hall–Kier alpha value is -5.29. The van der Waals surface area contributed by atoms with E-state index in [0.717, 1.165) is 16.2 Å². The molecule has 0 aliphatic carbocycles. The minimum absolute atomic E-state index is 0.207. The van der Waals surface area contributed by atoms with E-state index in [4.69, 9.17) is 26.1 Å². The number of nitrogens with zero attached hydrogens (tertiary/aromatic N) is 2. The zero-order valence-electron chi connectivity index (χ0n) is 24.0. The topological polar surface area (TPSA) is 208 Å². The molecule has 4 amide bonds. The van der Waals surface area contributed by atoms with Crippen LogP contribution in [0.1, 0.15) is 33.3 Å². The number of ether oxygens (including phenoxy) is 3. The van der Waals surface area contributed by atoms with Crippen molar-refractivity contribution >= 4 is 41.0 Å². The molecule has 17 heteroatoms. The third-order valence-electron chi connectivity index (χ3n) is 6.75. The maximum absolute atomic E-state index is 13.4. The molecule has 14 nitrogen and oxygen atoms in total. The van der Waals surface area contributed by atoms with Gasteiger partial charge in [-0.05, 0) is 42.5 Å². The van der Waals surface area contributed by atoms with E-state index in [2.05, 4.69) is 20.5 Å². The molecule has 2 aromatic carbocycles. The zero-order valence-corrected chi connectivity index (χ0v) is 24.8. The maximum Gasteiger partial charge on any atom is 0.404 e. The molecule has 1 aliphatic rings. The van der Waals surface area contributed by atoms with Crippen molar-refractivity contribution in [2.45, 2.75) is 31.2 Å². The van der Waals surface area contributed by atoms with Crippen LogP contribution in [0.15, 0.2) is 71.2 Å². The van der Waals surface area contributed by atoms with Gasteiger partial charge in [-0.25, -0.2) is 4.79 Å². The molecule has 0 saturated carbocycles. The first-order valence-corrected chi connectivity index (χ1v) is 14.5. The number of amidine groups is 1. The van der Waals surface area contributed by atoms with Gasteiger partial charge >= 0.3 is 12.7 Å². The number of nitrogens with one attached hydrogen (secondary N) is 2. The number of alkyl halides is 2. The summed E-state index contributed by atoms with van der Waals surface area (Å²) in [6.45, 7) is -4.47. The summed E-state index contributed by atoms with van der Waals surface area (Å²) in [6.07, 6.45) is -2.58. The van der Waals surface area contributed by atoms with Crippen LogP contribution in [0.25, 0.3) is 0 Å². The number of carbonyl (C=O) groups excluding carboxylic acids is 4. The highest BCUT2D eigenvalue weighted by Gasteiger charge is 2.42. The molecule has 3 aromatic rings. The van der Waals surface area contributed by atoms with Crippen LogP contribution in [0.5, 0.6) is 11.5 Å². The second-order valence-electron chi connectivity index (χ2n) is 9.85. The molecular formula is C29H30F2N6O8S. The number of rotatable bonds is 13. The molecule has 0 spiro atoms. The van der Waals surface area contributed by atoms with Crippen LogP contribution in [0.4, 0.5) is 13.6 Å². The van der Waals surface area contributed by atoms with E-state index >= 15 is 0 Å². The van der Waals surface area contributed by atoms with Gasteiger partial charge in [0.15, 0.2) is 5.84 Å². The molecule has 3 atom stereocenters. The van der Waals surface area contributed by atoms with E-state index in [1.165, 1.54) is 23.6 Å². The number of para-hydroxylation sites is 1. The van der Waals surface area contributed by atoms with E-state index < -0.39 is 61.8 Å². The van der Waals surface area contributed by atoms with Gasteiger partial charge in [0, 0.05) is 34.3 Å². The number of hydrogen-bond acceptors (Lipinski definition) is 10. The SMILES string of the molecule is NC(=O)OCC(NC(=O)[C@@H]1C[C@@H](OC(F)F)CN1C(=O)CNC(=O)c1ccc(Oc2ccccc2)cc1)c1cc(C(N)=NO)cs1. The Morgan fingerprint density at radius 2 is 1.74 bits per heavy atom. The van der Waals surface area contributed by atoms with Gasteiger partial charge in [0.25, 0.3) is 5.91 Å². The second kappa shape index (κ2) is 15.6. The van der Waals surface area contributed by atoms with E-state index in [9.17, 15) is 28.0 Å². The van der Waals surface area contributed by atoms with Crippen LogP contribution in [-0.2, 0) is 19.1 Å². The van der Waals surface area contributed by atoms with Crippen LogP contribution in [0.2, 0.25) is 0 Å². The highest BCUT2D eigenvalue weighted by molar-refractivity contribution is 7.10. The lowest BCUT2D eigenvalue weighted by Gasteiger charge is -2.26. The van der Waals surface area contributed by atoms with Gasteiger partial charge in [0.05, 0.1) is 18.7 Å². The Kier molecular flexibility index (Phi) is 11.4. The van der Waals surface area contributed by atoms with Crippen LogP contribution < -0.4 is 26.8 Å². The van der Waals surface area contributed by atoms with E-state index in [-0.39, 0.29) is 24.4 Å². The zero-order chi connectivity index (χ0) is 33.2. The maximum atomic E-state index is 13.4. The fourth-order valence-corrected chi connectivity index (χ4v) is 5.52. The van der Waals surface area contributed by atoms with E-state index in [1.54, 1.807) is 24.3 Å². The number of benzene rings is 2. The quantitative estimate of drug-likeness (QED) is 0.0789. The third kappa shape index (κ3) is 9.12. The largest absolute Gasteiger partial charge is 0.457 e. The molecule has 7 N–H and O–H groups in total. The Morgan fingerprint density at radius 1 is 1.04 bits per heavy atom. The van der Waals surface area contributed by atoms with E-state index in [1.807, 2.05) is 18.2 Å². The summed E-state index contributed by atoms with van der Waals surface area (Å²) in [4.78, 5) is 52.1. The van der Waals surface area contributed by atoms with Gasteiger partial charge in [-0.3, -0.25) is 14.4 Å². The number of oxime groups is 1. The minimum Gasteiger partial charge on any atom is -0.457 e. The molecule has 244 valence electrons. The minimum atomic E-state index is -3.16. The standard InChI is InChI=1S/C29H30F2N6O8S/c30-28(31)45-20-11-22(27(40)35-21(14-43-29(33)41)23-10-17(15-46-23)25(32)36-42)37(13-20)24(38)12-34-26(39)16-6-8-19(9-7-16)44-18-4-2-1-3-5-18/h1-10,15,20-22,28,42H,11-14H2,(H2,32,36)(H2,33,41)(H,34,39)(H,35,40)/t20-,21?,22+/m1/s1. The number of nitrogens with two attached hydrogens (primary N) is 2. The lowest BCUT2D eigenvalue weighted by Crippen LogP contribution is -2.50. The summed E-state index contributed by atoms with van der Waals surface area (Å²) in [7, 11) is 0. The third-order valence-corrected chi connectivity index (χ3v) is 7.80. The normalized spacial score (nSPS) is 16.9. The molecule has 1 saturated heterocycles. The molecule has 1 aromatic heterocycles. The van der Waals surface area contributed by atoms with Crippen LogP contribution in [0.3, 0.4) is 0 Å². The lowest BCUT2D eigenvalue weighted by molar-refractivity contribution is -0.160. The number of primary amides is 1. The number of amides is 4. The first-order valence-electron chi connectivity index (χ1n) is 13.7. The predicted molar refractivity (Wildman–Crippen MR) is 160 cm³/mol. The van der Waals surface area contributed by atoms with Crippen molar-refractivity contribution in [1.29, 1.82) is 0 Å². The Morgan fingerprint density at radius 3 is 2.39 bits per heavy atom. The average molecular weight is 661 g/mol. The highest BCUT2D eigenvalue weighted by atomic mass is 32.1. The fraction of sp³-hybridized carbons (Fsp3) is 0.276. The summed E-state index contributed by atoms with van der Waals surface area (Å²) < 4.78 is 41.3. The number of carbonyl (C=O) groups is 4. The number of likely N-dealkylation sites (tertiary alicyclic amines) is 1. The van der Waals surface area contributed by atoms with Gasteiger partial charge in [0.2, 0.25) is 11.8 Å². The summed E-state index contributed by atoms with van der Waals surface area (Å²) in [5, 5.41) is 18.5. The van der Waals surface area contributed by atoms with Crippen molar-refractivity contribution < 1.29 is 47.4 Å². The second-order valence-corrected chi connectivity index (χ2v) is 10.8. The predicted octanol–water partition coefficient (Wildman–Crippen LogP) is 2.53. The van der Waals surface area contributed by atoms with Crippen molar-refractivity contribution in [3.05, 3.63) is 82.0 Å². The molecule has 0 radical (unpaired) electrons. The first-order chi connectivity index (χ1) is 22.0. The first kappa shape index (κ1) is 33.6. The molecule has 1 aliphatic heterocycles. The fourth-order valence-electron chi connectivity index (χ4n) is 4.58. The summed E-state index contributed by atoms with van der Waals surface area (Å²) in [5.41, 5.74) is 11.2. The number of hydrogen-bond donors (Lipinski definition) is 5. The summed E-state index contributed by atoms with van der Waals surface area (Å²) in [5.74, 6) is -1.21. The molecule has 1 unspecified atom stereocenters. The van der Waals surface area contributed by atoms with Crippen LogP contribution in [0, 0.1) is 0 Å². The van der Waals surface area contributed by atoms with Gasteiger partial charge in [-0.15, -0.1) is 11.3 Å². The van der Waals surface area contributed by atoms with Crippen molar-refractivity contribution in [2.24, 2.45) is 16.6 Å². The molecule has 46 heavy (non-hydrogen) atoms. The molecule has 0 bridgehead atoms. The number of halogens is 2. The van der Waals surface area contributed by atoms with Crippen molar-refractivity contribution in [2.75, 3.05) is 19.7 Å². The highest BCUT2D eigenvalue weighted by Crippen LogP contribution is 2.27. The Labute approximate surface area is 264 Å². The monoisotopic (exact) mass is 660 g/mol. The molecule has 1 fully saturated rings. The summed E-state index contributed by atoms with van der Waals surface area (Å²) >= 11 is 1.09. The van der Waals surface area contributed by atoms with Crippen molar-refractivity contribution in [1.82, 2.24) is 15.5 Å². The van der Waals surface area contributed by atoms with Gasteiger partial charge in [-0.1, -0.05) is 23.4 Å². The van der Waals surface area contributed by atoms with Crippen molar-refractivity contribution in [3.63, 3.8) is 0 Å². The Balaban J connectivity index is 1.42. The number of thiophene rings is 1. The van der Waals surface area contributed by atoms with Gasteiger partial charge in [-0.2, -0.15) is 8.78 Å².